The number of carbonyl (C=O) groups is 1. The Labute approximate surface area is 177 Å². The molecule has 2 aromatic carbocycles. The molecule has 10 heteroatoms. The number of hydrogen-bond donors (Lipinski definition) is 1. The van der Waals surface area contributed by atoms with Gasteiger partial charge in [-0.15, -0.1) is 0 Å². The summed E-state index contributed by atoms with van der Waals surface area (Å²) in [5, 5.41) is 14.8. The smallest absolute Gasteiger partial charge is 0.273 e. The van der Waals surface area contributed by atoms with Crippen LogP contribution in [0.3, 0.4) is 0 Å². The third-order valence-electron chi connectivity index (χ3n) is 4.26. The third kappa shape index (κ3) is 4.99. The molecule has 0 fully saturated rings. The number of nitro benzene ring substituents is 1. The number of methoxy groups -OCH3 is 3. The van der Waals surface area contributed by atoms with Crippen LogP contribution in [-0.4, -0.2) is 38.4 Å². The predicted molar refractivity (Wildman–Crippen MR) is 112 cm³/mol. The summed E-state index contributed by atoms with van der Waals surface area (Å²) in [6.45, 7) is 0. The monoisotopic (exact) mass is 425 g/mol. The van der Waals surface area contributed by atoms with Gasteiger partial charge in [0.15, 0.2) is 0 Å². The van der Waals surface area contributed by atoms with Crippen LogP contribution < -0.4 is 19.6 Å². The number of hydrogen-bond acceptors (Lipinski definition) is 8. The van der Waals surface area contributed by atoms with Crippen molar-refractivity contribution in [2.45, 2.75) is 0 Å². The van der Waals surface area contributed by atoms with E-state index in [1.165, 1.54) is 45.7 Å². The lowest BCUT2D eigenvalue weighted by molar-refractivity contribution is -0.384. The Kier molecular flexibility index (Phi) is 6.51. The maximum atomic E-state index is 12.3. The van der Waals surface area contributed by atoms with E-state index in [9.17, 15) is 14.9 Å². The molecule has 0 radical (unpaired) electrons. The minimum absolute atomic E-state index is 0.0918. The SMILES string of the molecule is COc1cc(OC)cc(C(=O)NN=Cc2ccc(-c3ccc([N+](=O)[O-])cc3OC)o2)c1. The maximum Gasteiger partial charge on any atom is 0.273 e. The predicted octanol–water partition coefficient (Wildman–Crippen LogP) is 3.64. The highest BCUT2D eigenvalue weighted by Crippen LogP contribution is 2.34. The minimum atomic E-state index is -0.507. The average Bonchev–Trinajstić information content (AvgIpc) is 3.26. The molecule has 160 valence electrons. The Balaban J connectivity index is 1.73. The number of furan rings is 1. The molecular formula is C21H19N3O7. The Morgan fingerprint density at radius 1 is 1.03 bits per heavy atom. The summed E-state index contributed by atoms with van der Waals surface area (Å²) >= 11 is 0. The Morgan fingerprint density at radius 2 is 1.74 bits per heavy atom. The zero-order chi connectivity index (χ0) is 22.4. The first-order valence-electron chi connectivity index (χ1n) is 8.94. The summed E-state index contributed by atoms with van der Waals surface area (Å²) in [4.78, 5) is 22.8. The van der Waals surface area contributed by atoms with Gasteiger partial charge in [-0.3, -0.25) is 14.9 Å². The van der Waals surface area contributed by atoms with E-state index in [0.29, 0.717) is 39.9 Å². The number of nitro groups is 1. The Hall–Kier alpha value is -4.34. The zero-order valence-corrected chi connectivity index (χ0v) is 16.9. The highest BCUT2D eigenvalue weighted by atomic mass is 16.6. The van der Waals surface area contributed by atoms with Crippen molar-refractivity contribution in [3.8, 4) is 28.6 Å². The first-order valence-corrected chi connectivity index (χ1v) is 8.94. The summed E-state index contributed by atoms with van der Waals surface area (Å²) in [5.74, 6) is 1.57. The number of nitrogens with one attached hydrogen (secondary N) is 1. The molecule has 0 saturated carbocycles. The normalized spacial score (nSPS) is 10.7. The van der Waals surface area contributed by atoms with Gasteiger partial charge in [0.05, 0.1) is 44.1 Å². The van der Waals surface area contributed by atoms with E-state index >= 15 is 0 Å². The standard InChI is InChI=1S/C21H19N3O7/c1-28-16-8-13(9-17(11-16)29-2)21(25)23-22-12-15-5-7-19(31-15)18-6-4-14(24(26)27)10-20(18)30-3/h4-12H,1-3H3,(H,23,25). The summed E-state index contributed by atoms with van der Waals surface area (Å²) in [5.41, 5.74) is 3.16. The van der Waals surface area contributed by atoms with Crippen LogP contribution in [-0.2, 0) is 0 Å². The molecule has 0 spiro atoms. The van der Waals surface area contributed by atoms with Crippen LogP contribution in [0.15, 0.2) is 58.0 Å². The number of non-ortho nitro benzene ring substituents is 1. The first kappa shape index (κ1) is 21.4. The summed E-state index contributed by atoms with van der Waals surface area (Å²) < 4.78 is 21.2. The van der Waals surface area contributed by atoms with E-state index in [1.807, 2.05) is 0 Å². The second-order valence-corrected chi connectivity index (χ2v) is 6.14. The number of hydrazone groups is 1. The van der Waals surface area contributed by atoms with Crippen molar-refractivity contribution in [2.24, 2.45) is 5.10 Å². The molecule has 1 amide bonds. The summed E-state index contributed by atoms with van der Waals surface area (Å²) in [6.07, 6.45) is 1.33. The number of benzene rings is 2. The van der Waals surface area contributed by atoms with Gasteiger partial charge in [-0.1, -0.05) is 0 Å². The van der Waals surface area contributed by atoms with Gasteiger partial charge < -0.3 is 18.6 Å². The van der Waals surface area contributed by atoms with E-state index in [2.05, 4.69) is 10.5 Å². The van der Waals surface area contributed by atoms with Gasteiger partial charge in [-0.25, -0.2) is 5.43 Å². The fraction of sp³-hybridized carbons (Fsp3) is 0.143. The van der Waals surface area contributed by atoms with Crippen molar-refractivity contribution < 1.29 is 28.3 Å². The Morgan fingerprint density at radius 3 is 2.35 bits per heavy atom. The number of ether oxygens (including phenoxy) is 3. The molecule has 0 aliphatic heterocycles. The second-order valence-electron chi connectivity index (χ2n) is 6.14. The van der Waals surface area contributed by atoms with Crippen LogP contribution in [0.5, 0.6) is 17.2 Å². The van der Waals surface area contributed by atoms with E-state index < -0.39 is 10.8 Å². The quantitative estimate of drug-likeness (QED) is 0.332. The van der Waals surface area contributed by atoms with Crippen LogP contribution in [0.1, 0.15) is 16.1 Å². The lowest BCUT2D eigenvalue weighted by atomic mass is 10.1. The largest absolute Gasteiger partial charge is 0.497 e. The van der Waals surface area contributed by atoms with Crippen LogP contribution >= 0.6 is 0 Å². The highest BCUT2D eigenvalue weighted by molar-refractivity contribution is 5.95. The molecule has 3 rings (SSSR count). The molecule has 0 saturated heterocycles. The maximum absolute atomic E-state index is 12.3. The molecule has 0 aliphatic rings. The van der Waals surface area contributed by atoms with Crippen molar-refractivity contribution >= 4 is 17.8 Å². The topological polar surface area (TPSA) is 125 Å². The number of rotatable bonds is 8. The molecule has 0 atom stereocenters. The van der Waals surface area contributed by atoms with Gasteiger partial charge in [-0.2, -0.15) is 5.10 Å². The molecule has 1 aromatic heterocycles. The van der Waals surface area contributed by atoms with Crippen molar-refractivity contribution in [1.82, 2.24) is 5.43 Å². The number of nitrogens with zero attached hydrogens (tertiary/aromatic N) is 2. The van der Waals surface area contributed by atoms with Crippen LogP contribution in [0.25, 0.3) is 11.3 Å². The van der Waals surface area contributed by atoms with Crippen LogP contribution in [0.4, 0.5) is 5.69 Å². The van der Waals surface area contributed by atoms with Crippen LogP contribution in [0, 0.1) is 10.1 Å². The molecule has 0 aliphatic carbocycles. The van der Waals surface area contributed by atoms with E-state index in [4.69, 9.17) is 18.6 Å². The molecule has 1 N–H and O–H groups in total. The molecular weight excluding hydrogens is 406 g/mol. The molecule has 31 heavy (non-hydrogen) atoms. The summed E-state index contributed by atoms with van der Waals surface area (Å²) in [7, 11) is 4.39. The lowest BCUT2D eigenvalue weighted by Crippen LogP contribution is -2.17. The second kappa shape index (κ2) is 9.44. The third-order valence-corrected chi connectivity index (χ3v) is 4.26. The van der Waals surface area contributed by atoms with Crippen molar-refractivity contribution in [3.05, 3.63) is 70.0 Å². The molecule has 0 bridgehead atoms. The van der Waals surface area contributed by atoms with Crippen molar-refractivity contribution in [3.63, 3.8) is 0 Å². The van der Waals surface area contributed by atoms with E-state index in [0.717, 1.165) is 0 Å². The lowest BCUT2D eigenvalue weighted by Gasteiger charge is -2.07. The molecule has 0 unspecified atom stereocenters. The van der Waals surface area contributed by atoms with Gasteiger partial charge in [0, 0.05) is 17.7 Å². The van der Waals surface area contributed by atoms with E-state index in [1.54, 1.807) is 30.3 Å². The van der Waals surface area contributed by atoms with Crippen molar-refractivity contribution in [2.75, 3.05) is 21.3 Å². The molecule has 1 heterocycles. The Bertz CT molecular complexity index is 1120. The fourth-order valence-corrected chi connectivity index (χ4v) is 2.72. The van der Waals surface area contributed by atoms with Crippen molar-refractivity contribution in [1.29, 1.82) is 0 Å². The van der Waals surface area contributed by atoms with Gasteiger partial charge in [0.1, 0.15) is 28.8 Å². The minimum Gasteiger partial charge on any atom is -0.497 e. The molecule has 3 aromatic rings. The fourth-order valence-electron chi connectivity index (χ4n) is 2.72. The van der Waals surface area contributed by atoms with E-state index in [-0.39, 0.29) is 5.69 Å². The first-order chi connectivity index (χ1) is 14.9. The summed E-state index contributed by atoms with van der Waals surface area (Å²) in [6, 6.07) is 12.3. The number of amides is 1. The van der Waals surface area contributed by atoms with Gasteiger partial charge in [-0.05, 0) is 30.3 Å². The van der Waals surface area contributed by atoms with Crippen LogP contribution in [0.2, 0.25) is 0 Å². The average molecular weight is 425 g/mol. The van der Waals surface area contributed by atoms with Gasteiger partial charge in [0.2, 0.25) is 0 Å². The zero-order valence-electron chi connectivity index (χ0n) is 16.9. The van der Waals surface area contributed by atoms with Gasteiger partial charge in [0.25, 0.3) is 11.6 Å². The number of carbonyl (C=O) groups excluding carboxylic acids is 1. The van der Waals surface area contributed by atoms with Gasteiger partial charge >= 0.3 is 0 Å². The highest BCUT2D eigenvalue weighted by Gasteiger charge is 2.15. The molecule has 10 nitrogen and oxygen atoms in total.